The van der Waals surface area contributed by atoms with E-state index in [1.165, 1.54) is 19.3 Å². The largest absolute Gasteiger partial charge is 0.409 e. The summed E-state index contributed by atoms with van der Waals surface area (Å²) in [6.45, 7) is 3.94. The number of nitrogens with two attached hydrogens (primary N) is 1. The minimum Gasteiger partial charge on any atom is -0.409 e. The average Bonchev–Trinajstić information content (AvgIpc) is 2.38. The summed E-state index contributed by atoms with van der Waals surface area (Å²) in [4.78, 5) is 0. The second-order valence-electron chi connectivity index (χ2n) is 4.63. The Hall–Kier alpha value is -0.810. The predicted octanol–water partition coefficient (Wildman–Crippen LogP) is 1.45. The van der Waals surface area contributed by atoms with Crippen LogP contribution in [-0.2, 0) is 4.74 Å². The van der Waals surface area contributed by atoms with Crippen LogP contribution in [0, 0.1) is 0 Å². The van der Waals surface area contributed by atoms with Crippen molar-refractivity contribution >= 4 is 5.84 Å². The third-order valence-corrected chi connectivity index (χ3v) is 3.25. The van der Waals surface area contributed by atoms with Gasteiger partial charge in [0.1, 0.15) is 5.84 Å². The van der Waals surface area contributed by atoms with Crippen LogP contribution in [0.1, 0.15) is 45.4 Å². The van der Waals surface area contributed by atoms with E-state index in [1.807, 2.05) is 0 Å². The third kappa shape index (κ3) is 5.89. The zero-order valence-corrected chi connectivity index (χ0v) is 10.7. The smallest absolute Gasteiger partial charge is 0.140 e. The number of ether oxygens (including phenoxy) is 1. The molecule has 1 heterocycles. The lowest BCUT2D eigenvalue weighted by molar-refractivity contribution is 0.0112. The van der Waals surface area contributed by atoms with E-state index in [0.29, 0.717) is 18.4 Å². The quantitative estimate of drug-likeness (QED) is 0.274. The van der Waals surface area contributed by atoms with E-state index < -0.39 is 0 Å². The first-order chi connectivity index (χ1) is 8.26. The molecular formula is C12H25N3O2. The molecule has 2 atom stereocenters. The minimum absolute atomic E-state index is 0.287. The van der Waals surface area contributed by atoms with Crippen molar-refractivity contribution in [3.8, 4) is 0 Å². The fraction of sp³-hybridized carbons (Fsp3) is 0.917. The second-order valence-corrected chi connectivity index (χ2v) is 4.63. The molecule has 0 amide bonds. The Labute approximate surface area is 103 Å². The van der Waals surface area contributed by atoms with Crippen molar-refractivity contribution in [1.82, 2.24) is 5.32 Å². The van der Waals surface area contributed by atoms with Crippen LogP contribution in [0.5, 0.6) is 0 Å². The zero-order valence-electron chi connectivity index (χ0n) is 10.7. The van der Waals surface area contributed by atoms with Crippen LogP contribution in [0.25, 0.3) is 0 Å². The van der Waals surface area contributed by atoms with Gasteiger partial charge >= 0.3 is 0 Å². The van der Waals surface area contributed by atoms with Crippen molar-refractivity contribution in [2.45, 2.75) is 57.6 Å². The summed E-state index contributed by atoms with van der Waals surface area (Å²) >= 11 is 0. The van der Waals surface area contributed by atoms with Crippen LogP contribution >= 0.6 is 0 Å². The highest BCUT2D eigenvalue weighted by Crippen LogP contribution is 2.15. The van der Waals surface area contributed by atoms with E-state index in [-0.39, 0.29) is 6.04 Å². The molecule has 0 aromatic carbocycles. The van der Waals surface area contributed by atoms with E-state index in [0.717, 1.165) is 26.0 Å². The van der Waals surface area contributed by atoms with Gasteiger partial charge in [0.05, 0.1) is 6.10 Å². The van der Waals surface area contributed by atoms with Gasteiger partial charge in [-0.15, -0.1) is 0 Å². The van der Waals surface area contributed by atoms with Crippen molar-refractivity contribution < 1.29 is 9.94 Å². The maximum absolute atomic E-state index is 8.52. The molecular weight excluding hydrogens is 218 g/mol. The highest BCUT2D eigenvalue weighted by Gasteiger charge is 2.14. The number of nitrogens with zero attached hydrogens (tertiary/aromatic N) is 1. The topological polar surface area (TPSA) is 79.9 Å². The van der Waals surface area contributed by atoms with Crippen LogP contribution < -0.4 is 11.1 Å². The summed E-state index contributed by atoms with van der Waals surface area (Å²) in [5.74, 6) is 0.290. The monoisotopic (exact) mass is 243 g/mol. The fourth-order valence-corrected chi connectivity index (χ4v) is 2.14. The molecule has 1 aliphatic heterocycles. The first-order valence-electron chi connectivity index (χ1n) is 6.57. The molecule has 0 saturated carbocycles. The Morgan fingerprint density at radius 1 is 1.59 bits per heavy atom. The van der Waals surface area contributed by atoms with Crippen LogP contribution in [0.3, 0.4) is 0 Å². The Bertz CT molecular complexity index is 228. The van der Waals surface area contributed by atoms with Crippen molar-refractivity contribution in [2.24, 2.45) is 10.9 Å². The van der Waals surface area contributed by atoms with E-state index in [1.54, 1.807) is 0 Å². The van der Waals surface area contributed by atoms with Gasteiger partial charge in [-0.2, -0.15) is 0 Å². The van der Waals surface area contributed by atoms with Gasteiger partial charge < -0.3 is 21.0 Å². The van der Waals surface area contributed by atoms with Gasteiger partial charge in [-0.05, 0) is 38.6 Å². The van der Waals surface area contributed by atoms with Gasteiger partial charge in [-0.1, -0.05) is 12.1 Å². The van der Waals surface area contributed by atoms with E-state index in [9.17, 15) is 0 Å². The standard InChI is InChI=1S/C12H25N3O2/c1-2-10(9-12(13)15-16)14-7-6-11-5-3-4-8-17-11/h10-11,14,16H,2-9H2,1H3,(H2,13,15). The predicted molar refractivity (Wildman–Crippen MR) is 68.3 cm³/mol. The van der Waals surface area contributed by atoms with Gasteiger partial charge in [-0.3, -0.25) is 0 Å². The van der Waals surface area contributed by atoms with E-state index >= 15 is 0 Å². The molecule has 2 unspecified atom stereocenters. The number of rotatable bonds is 7. The molecule has 1 aliphatic rings. The highest BCUT2D eigenvalue weighted by molar-refractivity contribution is 5.80. The van der Waals surface area contributed by atoms with Crippen LogP contribution in [0.4, 0.5) is 0 Å². The summed E-state index contributed by atoms with van der Waals surface area (Å²) < 4.78 is 5.67. The average molecular weight is 243 g/mol. The maximum atomic E-state index is 8.52. The Morgan fingerprint density at radius 3 is 3.00 bits per heavy atom. The van der Waals surface area contributed by atoms with E-state index in [4.69, 9.17) is 15.7 Å². The summed E-state index contributed by atoms with van der Waals surface area (Å²) in [6, 6.07) is 0.287. The molecule has 0 spiro atoms. The number of amidine groups is 1. The number of oxime groups is 1. The maximum Gasteiger partial charge on any atom is 0.140 e. The SMILES string of the molecule is CCC(CC(N)=NO)NCCC1CCCCO1. The molecule has 1 fully saturated rings. The lowest BCUT2D eigenvalue weighted by Crippen LogP contribution is -2.35. The van der Waals surface area contributed by atoms with Gasteiger partial charge in [-0.25, -0.2) is 0 Å². The van der Waals surface area contributed by atoms with Crippen molar-refractivity contribution in [3.63, 3.8) is 0 Å². The Kier molecular flexibility index (Phi) is 6.96. The molecule has 5 nitrogen and oxygen atoms in total. The number of hydrogen-bond donors (Lipinski definition) is 3. The molecule has 4 N–H and O–H groups in total. The van der Waals surface area contributed by atoms with Crippen molar-refractivity contribution in [2.75, 3.05) is 13.2 Å². The van der Waals surface area contributed by atoms with Crippen molar-refractivity contribution in [1.29, 1.82) is 0 Å². The number of nitrogens with one attached hydrogen (secondary N) is 1. The third-order valence-electron chi connectivity index (χ3n) is 3.25. The first-order valence-corrected chi connectivity index (χ1v) is 6.57. The van der Waals surface area contributed by atoms with Crippen LogP contribution in [0.2, 0.25) is 0 Å². The van der Waals surface area contributed by atoms with Gasteiger partial charge in [0, 0.05) is 19.1 Å². The first kappa shape index (κ1) is 14.3. The summed E-state index contributed by atoms with van der Waals surface area (Å²) in [7, 11) is 0. The van der Waals surface area contributed by atoms with Crippen LogP contribution in [-0.4, -0.2) is 36.3 Å². The molecule has 1 saturated heterocycles. The molecule has 0 bridgehead atoms. The van der Waals surface area contributed by atoms with Crippen molar-refractivity contribution in [3.05, 3.63) is 0 Å². The molecule has 5 heteroatoms. The minimum atomic E-state index is 0.287. The molecule has 17 heavy (non-hydrogen) atoms. The Morgan fingerprint density at radius 2 is 2.41 bits per heavy atom. The normalized spacial score (nSPS) is 23.6. The second kappa shape index (κ2) is 8.31. The van der Waals surface area contributed by atoms with Gasteiger partial charge in [0.25, 0.3) is 0 Å². The summed E-state index contributed by atoms with van der Waals surface area (Å²) in [5, 5.41) is 15.0. The van der Waals surface area contributed by atoms with E-state index in [2.05, 4.69) is 17.4 Å². The highest BCUT2D eigenvalue weighted by atomic mass is 16.5. The molecule has 1 rings (SSSR count). The van der Waals surface area contributed by atoms with Crippen LogP contribution in [0.15, 0.2) is 5.16 Å². The fourth-order valence-electron chi connectivity index (χ4n) is 2.14. The number of hydrogen-bond acceptors (Lipinski definition) is 4. The molecule has 0 aromatic rings. The lowest BCUT2D eigenvalue weighted by Gasteiger charge is -2.24. The van der Waals surface area contributed by atoms with Gasteiger partial charge in [0.2, 0.25) is 0 Å². The molecule has 0 radical (unpaired) electrons. The molecule has 0 aliphatic carbocycles. The summed E-state index contributed by atoms with van der Waals surface area (Å²) in [5.41, 5.74) is 5.50. The molecule has 100 valence electrons. The molecule has 0 aromatic heterocycles. The van der Waals surface area contributed by atoms with Gasteiger partial charge in [0.15, 0.2) is 0 Å². The Balaban J connectivity index is 2.14. The lowest BCUT2D eigenvalue weighted by atomic mass is 10.1. The zero-order chi connectivity index (χ0) is 12.5. The summed E-state index contributed by atoms with van der Waals surface area (Å²) in [6.07, 6.45) is 6.69.